The second-order valence-corrected chi connectivity index (χ2v) is 8.09. The third-order valence-electron chi connectivity index (χ3n) is 3.77. The van der Waals surface area contributed by atoms with Gasteiger partial charge in [-0.1, -0.05) is 35.9 Å². The van der Waals surface area contributed by atoms with E-state index in [0.29, 0.717) is 5.56 Å². The molecule has 0 atom stereocenters. The Labute approximate surface area is 132 Å². The minimum atomic E-state index is -2.83. The Morgan fingerprint density at radius 3 is 1.86 bits per heavy atom. The van der Waals surface area contributed by atoms with Crippen molar-refractivity contribution in [3.05, 3.63) is 64.7 Å². The summed E-state index contributed by atoms with van der Waals surface area (Å²) in [6, 6.07) is 13.5. The van der Waals surface area contributed by atoms with Crippen molar-refractivity contribution in [1.29, 1.82) is 0 Å². The Balaban J connectivity index is 2.62. The van der Waals surface area contributed by atoms with Crippen molar-refractivity contribution in [2.75, 3.05) is 14.2 Å². The van der Waals surface area contributed by atoms with E-state index in [1.165, 1.54) is 0 Å². The second-order valence-electron chi connectivity index (χ2n) is 5.33. The van der Waals surface area contributed by atoms with Crippen LogP contribution in [0.25, 0.3) is 0 Å². The first-order chi connectivity index (χ1) is 10.5. The first-order valence-corrected chi connectivity index (χ1v) is 8.77. The van der Waals surface area contributed by atoms with Gasteiger partial charge in [0, 0.05) is 0 Å². The van der Waals surface area contributed by atoms with Gasteiger partial charge in [-0.2, -0.15) is 9.05 Å². The monoisotopic (exact) mass is 317 g/mol. The molecule has 0 bridgehead atoms. The summed E-state index contributed by atoms with van der Waals surface area (Å²) < 4.78 is 11.3. The van der Waals surface area contributed by atoms with Crippen molar-refractivity contribution >= 4 is 18.5 Å². The highest BCUT2D eigenvalue weighted by molar-refractivity contribution is 7.89. The molecule has 0 saturated carbocycles. The molecule has 0 fully saturated rings. The van der Waals surface area contributed by atoms with E-state index in [1.54, 1.807) is 14.2 Å². The fourth-order valence-corrected chi connectivity index (χ4v) is 5.21. The van der Waals surface area contributed by atoms with E-state index in [0.717, 1.165) is 22.0 Å². The van der Waals surface area contributed by atoms with Crippen LogP contribution in [0.2, 0.25) is 0 Å². The molecule has 0 amide bonds. The van der Waals surface area contributed by atoms with Crippen molar-refractivity contribution in [2.45, 2.75) is 20.8 Å². The van der Waals surface area contributed by atoms with Gasteiger partial charge in [-0.05, 0) is 44.0 Å². The SMILES string of the molecule is CO[P+](OC)(C(=O)c1c(C)cc(C)cc1C)c1ccccc1. The number of aryl methyl sites for hydroxylation is 3. The number of rotatable bonds is 5. The average molecular weight is 317 g/mol. The lowest BCUT2D eigenvalue weighted by molar-refractivity contribution is 0.104. The molecular weight excluding hydrogens is 295 g/mol. The van der Waals surface area contributed by atoms with E-state index in [1.807, 2.05) is 63.2 Å². The lowest BCUT2D eigenvalue weighted by Crippen LogP contribution is -2.23. The molecule has 0 aromatic heterocycles. The molecule has 0 N–H and O–H groups in total. The van der Waals surface area contributed by atoms with Gasteiger partial charge in [0.25, 0.3) is 0 Å². The summed E-state index contributed by atoms with van der Waals surface area (Å²) in [5.74, 6) is 0. The third-order valence-corrected chi connectivity index (χ3v) is 6.53. The van der Waals surface area contributed by atoms with Gasteiger partial charge in [-0.25, -0.2) is 4.79 Å². The topological polar surface area (TPSA) is 35.5 Å². The fourth-order valence-electron chi connectivity index (χ4n) is 2.86. The average Bonchev–Trinajstić information content (AvgIpc) is 2.49. The molecule has 0 unspecified atom stereocenters. The maximum atomic E-state index is 13.3. The molecule has 0 spiro atoms. The van der Waals surface area contributed by atoms with Crippen molar-refractivity contribution in [1.82, 2.24) is 0 Å². The molecule has 116 valence electrons. The van der Waals surface area contributed by atoms with Gasteiger partial charge in [-0.15, -0.1) is 0 Å². The largest absolute Gasteiger partial charge is 0.381 e. The maximum absolute atomic E-state index is 13.3. The van der Waals surface area contributed by atoms with Crippen LogP contribution in [0, 0.1) is 20.8 Å². The fraction of sp³-hybridized carbons (Fsp3) is 0.278. The molecule has 3 nitrogen and oxygen atoms in total. The summed E-state index contributed by atoms with van der Waals surface area (Å²) in [7, 11) is 0.254. The molecular formula is C18H22O3P+. The van der Waals surface area contributed by atoms with Gasteiger partial charge in [-0.3, -0.25) is 0 Å². The van der Waals surface area contributed by atoms with Crippen LogP contribution in [0.5, 0.6) is 0 Å². The van der Waals surface area contributed by atoms with Gasteiger partial charge < -0.3 is 0 Å². The Hall–Kier alpha value is -1.54. The van der Waals surface area contributed by atoms with Crippen LogP contribution >= 0.6 is 7.72 Å². The highest BCUT2D eigenvalue weighted by atomic mass is 31.2. The van der Waals surface area contributed by atoms with E-state index in [-0.39, 0.29) is 5.52 Å². The number of hydrogen-bond acceptors (Lipinski definition) is 3. The number of carbonyl (C=O) groups is 1. The minimum absolute atomic E-state index is 0.0706. The molecule has 2 rings (SSSR count). The zero-order valence-corrected chi connectivity index (χ0v) is 14.6. The van der Waals surface area contributed by atoms with Crippen LogP contribution in [-0.4, -0.2) is 19.7 Å². The Morgan fingerprint density at radius 1 is 0.909 bits per heavy atom. The Morgan fingerprint density at radius 2 is 1.41 bits per heavy atom. The smallest absolute Gasteiger partial charge is 0.240 e. The second kappa shape index (κ2) is 6.70. The molecule has 0 heterocycles. The lowest BCUT2D eigenvalue weighted by atomic mass is 10.0. The van der Waals surface area contributed by atoms with Crippen molar-refractivity contribution in [3.8, 4) is 0 Å². The van der Waals surface area contributed by atoms with Crippen LogP contribution in [0.3, 0.4) is 0 Å². The summed E-state index contributed by atoms with van der Waals surface area (Å²) in [4.78, 5) is 13.3. The van der Waals surface area contributed by atoms with E-state index in [9.17, 15) is 4.79 Å². The molecule has 4 heteroatoms. The van der Waals surface area contributed by atoms with Gasteiger partial charge in [0.05, 0.1) is 19.8 Å². The van der Waals surface area contributed by atoms with Crippen LogP contribution in [0.15, 0.2) is 42.5 Å². The molecule has 0 aliphatic carbocycles. The highest BCUT2D eigenvalue weighted by Gasteiger charge is 2.53. The molecule has 0 aliphatic rings. The minimum Gasteiger partial charge on any atom is -0.240 e. The molecule has 0 saturated heterocycles. The predicted molar refractivity (Wildman–Crippen MR) is 92.0 cm³/mol. The van der Waals surface area contributed by atoms with Gasteiger partial charge >= 0.3 is 13.2 Å². The molecule has 0 radical (unpaired) electrons. The normalized spacial score (nSPS) is 11.5. The number of benzene rings is 2. The number of carbonyl (C=O) groups excluding carboxylic acids is 1. The number of hydrogen-bond donors (Lipinski definition) is 0. The van der Waals surface area contributed by atoms with Crippen molar-refractivity contribution in [3.63, 3.8) is 0 Å². The summed E-state index contributed by atoms with van der Waals surface area (Å²) in [5.41, 5.74) is 3.68. The predicted octanol–water partition coefficient (Wildman–Crippen LogP) is 4.22. The quantitative estimate of drug-likeness (QED) is 0.775. The van der Waals surface area contributed by atoms with Gasteiger partial charge in [0.15, 0.2) is 5.30 Å². The molecule has 22 heavy (non-hydrogen) atoms. The highest BCUT2D eigenvalue weighted by Crippen LogP contribution is 2.61. The maximum Gasteiger partial charge on any atom is 0.381 e. The lowest BCUT2D eigenvalue weighted by Gasteiger charge is -2.20. The molecule has 0 aliphatic heterocycles. The Bertz CT molecular complexity index is 653. The van der Waals surface area contributed by atoms with Gasteiger partial charge in [0.1, 0.15) is 0 Å². The van der Waals surface area contributed by atoms with Crippen LogP contribution in [0.4, 0.5) is 0 Å². The van der Waals surface area contributed by atoms with E-state index in [2.05, 4.69) is 0 Å². The van der Waals surface area contributed by atoms with E-state index < -0.39 is 7.72 Å². The van der Waals surface area contributed by atoms with E-state index >= 15 is 0 Å². The van der Waals surface area contributed by atoms with Crippen LogP contribution in [-0.2, 0) is 9.05 Å². The van der Waals surface area contributed by atoms with Crippen molar-refractivity contribution in [2.24, 2.45) is 0 Å². The zero-order chi connectivity index (χ0) is 16.3. The van der Waals surface area contributed by atoms with Crippen LogP contribution < -0.4 is 5.30 Å². The third kappa shape index (κ3) is 2.85. The first kappa shape index (κ1) is 16.8. The Kier molecular flexibility index (Phi) is 5.12. The van der Waals surface area contributed by atoms with Crippen LogP contribution in [0.1, 0.15) is 27.0 Å². The van der Waals surface area contributed by atoms with E-state index in [4.69, 9.17) is 9.05 Å². The molecule has 2 aromatic carbocycles. The van der Waals surface area contributed by atoms with Gasteiger partial charge in [0.2, 0.25) is 0 Å². The van der Waals surface area contributed by atoms with Crippen molar-refractivity contribution < 1.29 is 13.8 Å². The summed E-state index contributed by atoms with van der Waals surface area (Å²) in [5, 5.41) is 0.796. The summed E-state index contributed by atoms with van der Waals surface area (Å²) >= 11 is 0. The summed E-state index contributed by atoms with van der Waals surface area (Å²) in [6.45, 7) is 5.94. The standard InChI is InChI=1S/C18H22O3P/c1-13-11-14(2)17(15(3)12-13)18(19)22(20-4,21-5)16-9-7-6-8-10-16/h6-12H,1-5H3/q+1. The first-order valence-electron chi connectivity index (χ1n) is 7.15. The molecule has 2 aromatic rings. The summed E-state index contributed by atoms with van der Waals surface area (Å²) in [6.07, 6.45) is 0. The zero-order valence-electron chi connectivity index (χ0n) is 13.7.